The molecule has 0 bridgehead atoms. The highest BCUT2D eigenvalue weighted by Crippen LogP contribution is 2.20. The fourth-order valence-electron chi connectivity index (χ4n) is 1.83. The van der Waals surface area contributed by atoms with Crippen LogP contribution in [0.4, 0.5) is 0 Å². The molecule has 1 unspecified atom stereocenters. The predicted octanol–water partition coefficient (Wildman–Crippen LogP) is 3.25. The first-order valence-corrected chi connectivity index (χ1v) is 5.85. The van der Waals surface area contributed by atoms with Gasteiger partial charge in [-0.3, -0.25) is 0 Å². The van der Waals surface area contributed by atoms with Crippen molar-refractivity contribution >= 4 is 6.29 Å². The molecule has 0 aliphatic carbocycles. The van der Waals surface area contributed by atoms with E-state index < -0.39 is 0 Å². The molecule has 0 saturated carbocycles. The van der Waals surface area contributed by atoms with E-state index in [0.29, 0.717) is 18.1 Å². The van der Waals surface area contributed by atoms with E-state index in [4.69, 9.17) is 0 Å². The average Bonchev–Trinajstić information content (AvgIpc) is 2.27. The molecule has 1 rings (SSSR count). The van der Waals surface area contributed by atoms with Crippen LogP contribution in [0, 0.1) is 12.8 Å². The van der Waals surface area contributed by atoms with Gasteiger partial charge in [0.15, 0.2) is 0 Å². The lowest BCUT2D eigenvalue weighted by atomic mass is 9.95. The minimum absolute atomic E-state index is 0.334. The van der Waals surface area contributed by atoms with Crippen molar-refractivity contribution in [3.8, 4) is 5.75 Å². The standard InChI is InChI=1S/C14H20O2/c1-11(4-3-9-15)5-7-13-10-14(16)8-6-12(13)2/h6,8-11,16H,3-5,7H2,1-2H3. The lowest BCUT2D eigenvalue weighted by Crippen LogP contribution is -1.99. The molecule has 1 aromatic rings. The maximum absolute atomic E-state index is 10.2. The second-order valence-electron chi connectivity index (χ2n) is 4.50. The minimum atomic E-state index is 0.334. The molecule has 2 nitrogen and oxygen atoms in total. The first kappa shape index (κ1) is 12.8. The van der Waals surface area contributed by atoms with E-state index in [2.05, 4.69) is 13.8 Å². The quantitative estimate of drug-likeness (QED) is 0.747. The number of hydrogen-bond acceptors (Lipinski definition) is 2. The first-order chi connectivity index (χ1) is 7.63. The summed E-state index contributed by atoms with van der Waals surface area (Å²) in [5, 5.41) is 9.40. The van der Waals surface area contributed by atoms with Crippen LogP contribution < -0.4 is 0 Å². The van der Waals surface area contributed by atoms with Gasteiger partial charge in [-0.25, -0.2) is 0 Å². The van der Waals surface area contributed by atoms with Crippen molar-refractivity contribution in [1.29, 1.82) is 0 Å². The number of carbonyl (C=O) groups excluding carboxylic acids is 1. The Morgan fingerprint density at radius 2 is 2.12 bits per heavy atom. The van der Waals surface area contributed by atoms with Gasteiger partial charge in [0.25, 0.3) is 0 Å². The molecule has 0 amide bonds. The highest BCUT2D eigenvalue weighted by molar-refractivity contribution is 5.49. The smallest absolute Gasteiger partial charge is 0.120 e. The summed E-state index contributed by atoms with van der Waals surface area (Å²) in [6.07, 6.45) is 4.63. The summed E-state index contributed by atoms with van der Waals surface area (Å²) >= 11 is 0. The molecule has 0 aliphatic rings. The zero-order valence-corrected chi connectivity index (χ0v) is 10.1. The molecule has 0 fully saturated rings. The number of carbonyl (C=O) groups is 1. The summed E-state index contributed by atoms with van der Waals surface area (Å²) < 4.78 is 0. The van der Waals surface area contributed by atoms with Gasteiger partial charge in [-0.15, -0.1) is 0 Å². The number of hydrogen-bond donors (Lipinski definition) is 1. The molecule has 1 N–H and O–H groups in total. The van der Waals surface area contributed by atoms with Gasteiger partial charge in [0.1, 0.15) is 12.0 Å². The molecule has 0 aliphatic heterocycles. The molecule has 0 saturated heterocycles. The number of phenols is 1. The van der Waals surface area contributed by atoms with Gasteiger partial charge < -0.3 is 9.90 Å². The summed E-state index contributed by atoms with van der Waals surface area (Å²) in [5.74, 6) is 0.896. The van der Waals surface area contributed by atoms with Crippen LogP contribution in [0.1, 0.15) is 37.3 Å². The highest BCUT2D eigenvalue weighted by Gasteiger charge is 2.05. The van der Waals surface area contributed by atoms with Crippen LogP contribution >= 0.6 is 0 Å². The van der Waals surface area contributed by atoms with E-state index in [9.17, 15) is 9.90 Å². The van der Waals surface area contributed by atoms with Gasteiger partial charge >= 0.3 is 0 Å². The van der Waals surface area contributed by atoms with E-state index in [1.807, 2.05) is 12.1 Å². The Balaban J connectivity index is 2.47. The zero-order chi connectivity index (χ0) is 12.0. The van der Waals surface area contributed by atoms with E-state index in [0.717, 1.165) is 25.5 Å². The lowest BCUT2D eigenvalue weighted by molar-refractivity contribution is -0.108. The van der Waals surface area contributed by atoms with Crippen molar-refractivity contribution < 1.29 is 9.90 Å². The Morgan fingerprint density at radius 3 is 2.81 bits per heavy atom. The van der Waals surface area contributed by atoms with Crippen molar-refractivity contribution in [3.05, 3.63) is 29.3 Å². The second kappa shape index (κ2) is 6.31. The molecule has 16 heavy (non-hydrogen) atoms. The van der Waals surface area contributed by atoms with Crippen LogP contribution in [0.3, 0.4) is 0 Å². The number of aromatic hydroxyl groups is 1. The SMILES string of the molecule is Cc1ccc(O)cc1CCC(C)CCC=O. The average molecular weight is 220 g/mol. The van der Waals surface area contributed by atoms with Crippen LogP contribution in [0.5, 0.6) is 5.75 Å². The Morgan fingerprint density at radius 1 is 1.38 bits per heavy atom. The van der Waals surface area contributed by atoms with E-state index in [1.54, 1.807) is 6.07 Å². The molecular formula is C14H20O2. The molecule has 1 aromatic carbocycles. The third-order valence-corrected chi connectivity index (χ3v) is 3.02. The van der Waals surface area contributed by atoms with Gasteiger partial charge in [-0.2, -0.15) is 0 Å². The first-order valence-electron chi connectivity index (χ1n) is 5.85. The Labute approximate surface area is 97.3 Å². The normalized spacial score (nSPS) is 12.4. The van der Waals surface area contributed by atoms with E-state index in [1.165, 1.54) is 11.1 Å². The molecule has 0 spiro atoms. The molecule has 0 heterocycles. The summed E-state index contributed by atoms with van der Waals surface area (Å²) in [6, 6.07) is 5.50. The van der Waals surface area contributed by atoms with Crippen LogP contribution in [-0.4, -0.2) is 11.4 Å². The molecule has 2 heteroatoms. The van der Waals surface area contributed by atoms with Gasteiger partial charge in [0.2, 0.25) is 0 Å². The summed E-state index contributed by atoms with van der Waals surface area (Å²) in [4.78, 5) is 10.2. The Kier molecular flexibility index (Phi) is 5.03. The largest absolute Gasteiger partial charge is 0.508 e. The van der Waals surface area contributed by atoms with Crippen molar-refractivity contribution in [1.82, 2.24) is 0 Å². The van der Waals surface area contributed by atoms with Crippen LogP contribution in [0.15, 0.2) is 18.2 Å². The van der Waals surface area contributed by atoms with Crippen LogP contribution in [0.2, 0.25) is 0 Å². The summed E-state index contributed by atoms with van der Waals surface area (Å²) in [5.41, 5.74) is 2.43. The number of phenolic OH excluding ortho intramolecular Hbond substituents is 1. The number of benzene rings is 1. The van der Waals surface area contributed by atoms with Gasteiger partial charge in [-0.1, -0.05) is 13.0 Å². The van der Waals surface area contributed by atoms with Crippen molar-refractivity contribution in [2.45, 2.75) is 39.5 Å². The van der Waals surface area contributed by atoms with Crippen molar-refractivity contribution in [2.24, 2.45) is 5.92 Å². The van der Waals surface area contributed by atoms with Crippen molar-refractivity contribution in [2.75, 3.05) is 0 Å². The number of aryl methyl sites for hydroxylation is 2. The molecule has 88 valence electrons. The summed E-state index contributed by atoms with van der Waals surface area (Å²) in [7, 11) is 0. The monoisotopic (exact) mass is 220 g/mol. The number of rotatable bonds is 6. The van der Waals surface area contributed by atoms with Crippen LogP contribution in [0.25, 0.3) is 0 Å². The predicted molar refractivity (Wildman–Crippen MR) is 65.6 cm³/mol. The topological polar surface area (TPSA) is 37.3 Å². The lowest BCUT2D eigenvalue weighted by Gasteiger charge is -2.11. The maximum Gasteiger partial charge on any atom is 0.120 e. The summed E-state index contributed by atoms with van der Waals surface area (Å²) in [6.45, 7) is 4.23. The van der Waals surface area contributed by atoms with Gasteiger partial charge in [0, 0.05) is 6.42 Å². The van der Waals surface area contributed by atoms with E-state index in [-0.39, 0.29) is 0 Å². The fraction of sp³-hybridized carbons (Fsp3) is 0.500. The molecule has 0 aromatic heterocycles. The zero-order valence-electron chi connectivity index (χ0n) is 10.1. The van der Waals surface area contributed by atoms with Gasteiger partial charge in [-0.05, 0) is 55.4 Å². The minimum Gasteiger partial charge on any atom is -0.508 e. The third kappa shape index (κ3) is 4.05. The third-order valence-electron chi connectivity index (χ3n) is 3.02. The second-order valence-corrected chi connectivity index (χ2v) is 4.50. The van der Waals surface area contributed by atoms with Crippen molar-refractivity contribution in [3.63, 3.8) is 0 Å². The fourth-order valence-corrected chi connectivity index (χ4v) is 1.83. The van der Waals surface area contributed by atoms with Crippen LogP contribution in [-0.2, 0) is 11.2 Å². The number of aldehydes is 1. The molecule has 0 radical (unpaired) electrons. The maximum atomic E-state index is 10.2. The Hall–Kier alpha value is -1.31. The van der Waals surface area contributed by atoms with E-state index >= 15 is 0 Å². The Bertz CT molecular complexity index is 345. The molecular weight excluding hydrogens is 200 g/mol. The molecule has 1 atom stereocenters. The highest BCUT2D eigenvalue weighted by atomic mass is 16.3. The van der Waals surface area contributed by atoms with Gasteiger partial charge in [0.05, 0.1) is 0 Å².